The molecule has 0 aliphatic carbocycles. The van der Waals surface area contributed by atoms with Crippen molar-refractivity contribution in [2.45, 2.75) is 25.3 Å². The van der Waals surface area contributed by atoms with Gasteiger partial charge < -0.3 is 10.0 Å². The molecule has 1 aromatic rings. The molecule has 1 aromatic carbocycles. The standard InChI is InChI=1S/C14H15NO2/c16-13-12(10-6-2-1-3-7-10)11-8-4-5-9-15(11)14(13)17/h1-3,6-7,11,16H,4-5,8-9H2. The van der Waals surface area contributed by atoms with Crippen molar-refractivity contribution in [1.29, 1.82) is 0 Å². The highest BCUT2D eigenvalue weighted by Crippen LogP contribution is 2.37. The van der Waals surface area contributed by atoms with Crippen LogP contribution in [0.25, 0.3) is 5.57 Å². The molecule has 1 atom stereocenters. The fourth-order valence-corrected chi connectivity index (χ4v) is 2.83. The highest BCUT2D eigenvalue weighted by Gasteiger charge is 2.40. The molecule has 88 valence electrons. The van der Waals surface area contributed by atoms with Gasteiger partial charge in [-0.15, -0.1) is 0 Å². The Morgan fingerprint density at radius 2 is 1.94 bits per heavy atom. The summed E-state index contributed by atoms with van der Waals surface area (Å²) in [5, 5.41) is 10.0. The number of carbonyl (C=O) groups is 1. The van der Waals surface area contributed by atoms with Gasteiger partial charge in [-0.05, 0) is 24.8 Å². The average Bonchev–Trinajstić information content (AvgIpc) is 2.64. The molecular formula is C14H15NO2. The second kappa shape index (κ2) is 3.91. The minimum atomic E-state index is -0.200. The number of amides is 1. The summed E-state index contributed by atoms with van der Waals surface area (Å²) in [5.74, 6) is -0.253. The van der Waals surface area contributed by atoms with Crippen LogP contribution >= 0.6 is 0 Å². The van der Waals surface area contributed by atoms with E-state index < -0.39 is 0 Å². The smallest absolute Gasteiger partial charge is 0.289 e. The summed E-state index contributed by atoms with van der Waals surface area (Å²) in [5.41, 5.74) is 1.78. The maximum absolute atomic E-state index is 11.9. The Morgan fingerprint density at radius 1 is 1.18 bits per heavy atom. The fraction of sp³-hybridized carbons (Fsp3) is 0.357. The SMILES string of the molecule is O=C1C(O)=C(c2ccccc2)C2CCCCN12. The third-order valence-electron chi connectivity index (χ3n) is 3.64. The van der Waals surface area contributed by atoms with Gasteiger partial charge in [-0.3, -0.25) is 4.79 Å². The molecule has 1 fully saturated rings. The van der Waals surface area contributed by atoms with Crippen LogP contribution in [0.2, 0.25) is 0 Å². The topological polar surface area (TPSA) is 40.5 Å². The summed E-state index contributed by atoms with van der Waals surface area (Å²) >= 11 is 0. The quantitative estimate of drug-likeness (QED) is 0.803. The van der Waals surface area contributed by atoms with Crippen molar-refractivity contribution in [3.8, 4) is 0 Å². The van der Waals surface area contributed by atoms with Crippen LogP contribution in [-0.2, 0) is 4.79 Å². The van der Waals surface area contributed by atoms with E-state index in [0.717, 1.165) is 36.9 Å². The van der Waals surface area contributed by atoms with Crippen LogP contribution in [0.1, 0.15) is 24.8 Å². The third-order valence-corrected chi connectivity index (χ3v) is 3.64. The first-order valence-electron chi connectivity index (χ1n) is 6.08. The van der Waals surface area contributed by atoms with Gasteiger partial charge in [0.1, 0.15) is 0 Å². The molecule has 0 radical (unpaired) electrons. The van der Waals surface area contributed by atoms with Gasteiger partial charge in [-0.25, -0.2) is 0 Å². The van der Waals surface area contributed by atoms with Gasteiger partial charge in [0.25, 0.3) is 5.91 Å². The van der Waals surface area contributed by atoms with Gasteiger partial charge >= 0.3 is 0 Å². The summed E-state index contributed by atoms with van der Waals surface area (Å²) in [6, 6.07) is 9.81. The number of hydrogen-bond acceptors (Lipinski definition) is 2. The first-order chi connectivity index (χ1) is 8.29. The lowest BCUT2D eigenvalue weighted by molar-refractivity contribution is -0.130. The molecule has 3 heteroatoms. The van der Waals surface area contributed by atoms with Crippen LogP contribution in [0, 0.1) is 0 Å². The molecule has 2 aliphatic heterocycles. The number of carbonyl (C=O) groups excluding carboxylic acids is 1. The molecule has 2 heterocycles. The number of nitrogens with zero attached hydrogens (tertiary/aromatic N) is 1. The van der Waals surface area contributed by atoms with Crippen molar-refractivity contribution in [3.63, 3.8) is 0 Å². The number of rotatable bonds is 1. The van der Waals surface area contributed by atoms with Crippen LogP contribution in [-0.4, -0.2) is 28.5 Å². The zero-order valence-corrected chi connectivity index (χ0v) is 9.60. The van der Waals surface area contributed by atoms with Crippen molar-refractivity contribution in [3.05, 3.63) is 41.7 Å². The van der Waals surface area contributed by atoms with Gasteiger partial charge in [0, 0.05) is 12.1 Å². The van der Waals surface area contributed by atoms with E-state index in [1.165, 1.54) is 0 Å². The van der Waals surface area contributed by atoms with E-state index in [1.807, 2.05) is 30.3 Å². The summed E-state index contributed by atoms with van der Waals surface area (Å²) in [6.07, 6.45) is 3.12. The Kier molecular flexibility index (Phi) is 2.39. The Morgan fingerprint density at radius 3 is 2.71 bits per heavy atom. The molecule has 1 saturated heterocycles. The maximum atomic E-state index is 11.9. The lowest BCUT2D eigenvalue weighted by atomic mass is 9.93. The molecule has 17 heavy (non-hydrogen) atoms. The van der Waals surface area contributed by atoms with Crippen LogP contribution in [0.15, 0.2) is 36.1 Å². The van der Waals surface area contributed by atoms with E-state index in [0.29, 0.717) is 0 Å². The summed E-state index contributed by atoms with van der Waals surface area (Å²) in [6.45, 7) is 0.768. The van der Waals surface area contributed by atoms with Crippen molar-refractivity contribution < 1.29 is 9.90 Å². The van der Waals surface area contributed by atoms with E-state index in [4.69, 9.17) is 0 Å². The van der Waals surface area contributed by atoms with E-state index in [9.17, 15) is 9.90 Å². The monoisotopic (exact) mass is 229 g/mol. The molecule has 3 rings (SSSR count). The van der Waals surface area contributed by atoms with Crippen LogP contribution in [0.4, 0.5) is 0 Å². The summed E-state index contributed by atoms with van der Waals surface area (Å²) < 4.78 is 0. The molecule has 0 aromatic heterocycles. The first kappa shape index (κ1) is 10.4. The Bertz CT molecular complexity index is 478. The van der Waals surface area contributed by atoms with Crippen LogP contribution < -0.4 is 0 Å². The normalized spacial score (nSPS) is 24.1. The summed E-state index contributed by atoms with van der Waals surface area (Å²) in [7, 11) is 0. The molecule has 1 N–H and O–H groups in total. The Labute approximate surface area is 100 Å². The lowest BCUT2D eigenvalue weighted by Crippen LogP contribution is -2.39. The number of benzene rings is 1. The van der Waals surface area contributed by atoms with Crippen LogP contribution in [0.3, 0.4) is 0 Å². The largest absolute Gasteiger partial charge is 0.503 e. The highest BCUT2D eigenvalue weighted by atomic mass is 16.3. The van der Waals surface area contributed by atoms with E-state index in [2.05, 4.69) is 0 Å². The van der Waals surface area contributed by atoms with Crippen molar-refractivity contribution in [2.24, 2.45) is 0 Å². The van der Waals surface area contributed by atoms with Gasteiger partial charge in [0.05, 0.1) is 6.04 Å². The fourth-order valence-electron chi connectivity index (χ4n) is 2.83. The van der Waals surface area contributed by atoms with Gasteiger partial charge in [0.15, 0.2) is 5.76 Å². The minimum absolute atomic E-state index is 0.0527. The van der Waals surface area contributed by atoms with Crippen molar-refractivity contribution in [2.75, 3.05) is 6.54 Å². The molecule has 0 spiro atoms. The number of aliphatic hydroxyl groups is 1. The van der Waals surface area contributed by atoms with Crippen LogP contribution in [0.5, 0.6) is 0 Å². The second-order valence-electron chi connectivity index (χ2n) is 4.64. The molecule has 1 unspecified atom stereocenters. The zero-order valence-electron chi connectivity index (χ0n) is 9.60. The number of fused-ring (bicyclic) bond motifs is 1. The van der Waals surface area contributed by atoms with E-state index >= 15 is 0 Å². The number of hydrogen-bond donors (Lipinski definition) is 1. The third kappa shape index (κ3) is 1.54. The van der Waals surface area contributed by atoms with E-state index in [-0.39, 0.29) is 17.7 Å². The predicted octanol–water partition coefficient (Wildman–Crippen LogP) is 2.35. The number of piperidine rings is 1. The van der Waals surface area contributed by atoms with Gasteiger partial charge in [-0.1, -0.05) is 30.3 Å². The second-order valence-corrected chi connectivity index (χ2v) is 4.64. The van der Waals surface area contributed by atoms with Crippen molar-refractivity contribution in [1.82, 2.24) is 4.90 Å². The average molecular weight is 229 g/mol. The summed E-state index contributed by atoms with van der Waals surface area (Å²) in [4.78, 5) is 13.7. The Balaban J connectivity index is 2.05. The zero-order chi connectivity index (χ0) is 11.8. The Hall–Kier alpha value is -1.77. The minimum Gasteiger partial charge on any atom is -0.503 e. The first-order valence-corrected chi connectivity index (χ1v) is 6.08. The lowest BCUT2D eigenvalue weighted by Gasteiger charge is -2.31. The van der Waals surface area contributed by atoms with Gasteiger partial charge in [-0.2, -0.15) is 0 Å². The van der Waals surface area contributed by atoms with E-state index in [1.54, 1.807) is 4.90 Å². The highest BCUT2D eigenvalue weighted by molar-refractivity contribution is 6.05. The molecule has 3 nitrogen and oxygen atoms in total. The predicted molar refractivity (Wildman–Crippen MR) is 65.3 cm³/mol. The molecule has 1 amide bonds. The van der Waals surface area contributed by atoms with Crippen molar-refractivity contribution >= 4 is 11.5 Å². The van der Waals surface area contributed by atoms with Gasteiger partial charge in [0.2, 0.25) is 0 Å². The molecular weight excluding hydrogens is 214 g/mol. The molecule has 0 saturated carbocycles. The number of aliphatic hydroxyl groups excluding tert-OH is 1. The molecule has 0 bridgehead atoms. The maximum Gasteiger partial charge on any atom is 0.289 e. The molecule has 2 aliphatic rings.